The number of nitrogens with one attached hydrogen (secondary N) is 2. The highest BCUT2D eigenvalue weighted by Gasteiger charge is 2.31. The van der Waals surface area contributed by atoms with E-state index in [0.717, 1.165) is 12.1 Å². The topological polar surface area (TPSA) is 41.1 Å². The van der Waals surface area contributed by atoms with Gasteiger partial charge >= 0.3 is 6.18 Å². The minimum atomic E-state index is -4.58. The van der Waals surface area contributed by atoms with Gasteiger partial charge in [-0.25, -0.2) is 4.39 Å². The number of carbonyl (C=O) groups excluding carboxylic acids is 1. The van der Waals surface area contributed by atoms with Crippen molar-refractivity contribution >= 4 is 11.6 Å². The summed E-state index contributed by atoms with van der Waals surface area (Å²) in [7, 11) is 1.47. The molecule has 2 N–H and O–H groups in total. The molecule has 0 radical (unpaired) electrons. The van der Waals surface area contributed by atoms with E-state index in [4.69, 9.17) is 0 Å². The molecule has 112 valence electrons. The number of anilines is 1. The summed E-state index contributed by atoms with van der Waals surface area (Å²) in [4.78, 5) is 11.5. The van der Waals surface area contributed by atoms with Gasteiger partial charge in [0.2, 0.25) is 5.91 Å². The summed E-state index contributed by atoms with van der Waals surface area (Å²) in [5.74, 6) is -1.26. The molecule has 1 amide bonds. The van der Waals surface area contributed by atoms with Gasteiger partial charge in [0.15, 0.2) is 0 Å². The monoisotopic (exact) mass is 292 g/mol. The van der Waals surface area contributed by atoms with Crippen LogP contribution in [0.1, 0.15) is 19.4 Å². The highest BCUT2D eigenvalue weighted by atomic mass is 19.4. The molecule has 7 heteroatoms. The van der Waals surface area contributed by atoms with Crippen molar-refractivity contribution < 1.29 is 22.4 Å². The lowest BCUT2D eigenvalue weighted by molar-refractivity contribution is -0.137. The van der Waals surface area contributed by atoms with Gasteiger partial charge in [0, 0.05) is 13.6 Å². The molecule has 1 aromatic carbocycles. The summed E-state index contributed by atoms with van der Waals surface area (Å²) < 4.78 is 50.7. The summed E-state index contributed by atoms with van der Waals surface area (Å²) in [6, 6.07) is 2.23. The largest absolute Gasteiger partial charge is 0.416 e. The van der Waals surface area contributed by atoms with E-state index in [1.165, 1.54) is 7.05 Å². The van der Waals surface area contributed by atoms with Gasteiger partial charge in [0.05, 0.1) is 16.7 Å². The van der Waals surface area contributed by atoms with Crippen LogP contribution in [-0.4, -0.2) is 19.5 Å². The molecule has 0 spiro atoms. The van der Waals surface area contributed by atoms with Gasteiger partial charge in [-0.1, -0.05) is 0 Å². The second kappa shape index (κ2) is 5.68. The third-order valence-electron chi connectivity index (χ3n) is 2.86. The second-order valence-electron chi connectivity index (χ2n) is 5.01. The Balaban J connectivity index is 2.83. The maximum Gasteiger partial charge on any atom is 0.416 e. The molecular weight excluding hydrogens is 276 g/mol. The van der Waals surface area contributed by atoms with Crippen molar-refractivity contribution in [1.82, 2.24) is 5.32 Å². The van der Waals surface area contributed by atoms with E-state index in [1.54, 1.807) is 13.8 Å². The van der Waals surface area contributed by atoms with Crippen LogP contribution in [-0.2, 0) is 11.0 Å². The number of hydrogen-bond donors (Lipinski definition) is 2. The number of hydrogen-bond acceptors (Lipinski definition) is 2. The minimum absolute atomic E-state index is 0.0741. The molecule has 0 fully saturated rings. The number of amides is 1. The Morgan fingerprint density at radius 1 is 1.25 bits per heavy atom. The zero-order valence-corrected chi connectivity index (χ0v) is 11.4. The fourth-order valence-corrected chi connectivity index (χ4v) is 1.57. The normalized spacial score (nSPS) is 12.2. The summed E-state index contributed by atoms with van der Waals surface area (Å²) in [5, 5.41) is 5.11. The third kappa shape index (κ3) is 3.85. The van der Waals surface area contributed by atoms with Crippen LogP contribution in [0.3, 0.4) is 0 Å². The van der Waals surface area contributed by atoms with E-state index >= 15 is 0 Å². The molecule has 0 unspecified atom stereocenters. The molecule has 0 bridgehead atoms. The van der Waals surface area contributed by atoms with Crippen molar-refractivity contribution in [3.63, 3.8) is 0 Å². The quantitative estimate of drug-likeness (QED) is 0.838. The van der Waals surface area contributed by atoms with Gasteiger partial charge < -0.3 is 10.6 Å². The lowest BCUT2D eigenvalue weighted by Gasteiger charge is -2.23. The Morgan fingerprint density at radius 2 is 1.85 bits per heavy atom. The smallest absolute Gasteiger partial charge is 0.382 e. The van der Waals surface area contributed by atoms with Crippen LogP contribution in [0.15, 0.2) is 18.2 Å². The van der Waals surface area contributed by atoms with Crippen molar-refractivity contribution in [2.24, 2.45) is 5.41 Å². The number of rotatable bonds is 4. The Bertz CT molecular complexity index is 498. The molecule has 3 nitrogen and oxygen atoms in total. The van der Waals surface area contributed by atoms with Crippen molar-refractivity contribution in [1.29, 1.82) is 0 Å². The predicted molar refractivity (Wildman–Crippen MR) is 67.7 cm³/mol. The highest BCUT2D eigenvalue weighted by molar-refractivity contribution is 5.82. The molecule has 1 rings (SSSR count). The number of alkyl halides is 3. The first-order valence-corrected chi connectivity index (χ1v) is 5.91. The zero-order chi connectivity index (χ0) is 15.6. The van der Waals surface area contributed by atoms with Crippen molar-refractivity contribution in [3.05, 3.63) is 29.6 Å². The fraction of sp³-hybridized carbons (Fsp3) is 0.462. The van der Waals surface area contributed by atoms with E-state index in [9.17, 15) is 22.4 Å². The molecular formula is C13H16F4N2O. The molecule has 0 aliphatic heterocycles. The van der Waals surface area contributed by atoms with Crippen LogP contribution < -0.4 is 10.6 Å². The average Bonchev–Trinajstić information content (AvgIpc) is 2.35. The van der Waals surface area contributed by atoms with Crippen molar-refractivity contribution in [2.45, 2.75) is 20.0 Å². The van der Waals surface area contributed by atoms with Gasteiger partial charge in [-0.15, -0.1) is 0 Å². The van der Waals surface area contributed by atoms with E-state index in [1.807, 2.05) is 0 Å². The molecule has 0 atom stereocenters. The summed E-state index contributed by atoms with van der Waals surface area (Å²) in [6.45, 7) is 3.37. The molecule has 0 aromatic heterocycles. The zero-order valence-electron chi connectivity index (χ0n) is 11.4. The molecule has 20 heavy (non-hydrogen) atoms. The van der Waals surface area contributed by atoms with Gasteiger partial charge in [-0.3, -0.25) is 4.79 Å². The average molecular weight is 292 g/mol. The summed E-state index contributed by atoms with van der Waals surface area (Å²) >= 11 is 0. The summed E-state index contributed by atoms with van der Waals surface area (Å²) in [5.41, 5.74) is -1.94. The predicted octanol–water partition coefficient (Wildman–Crippen LogP) is 3.03. The third-order valence-corrected chi connectivity index (χ3v) is 2.86. The SMILES string of the molecule is CNC(=O)C(C)(C)CNc1ccc(C(F)(F)F)cc1F. The van der Waals surface area contributed by atoms with Crippen LogP contribution in [0.5, 0.6) is 0 Å². The fourth-order valence-electron chi connectivity index (χ4n) is 1.57. The van der Waals surface area contributed by atoms with E-state index in [2.05, 4.69) is 10.6 Å². The maximum absolute atomic E-state index is 13.6. The first kappa shape index (κ1) is 16.3. The van der Waals surface area contributed by atoms with Crippen LogP contribution in [0.25, 0.3) is 0 Å². The first-order valence-electron chi connectivity index (χ1n) is 5.91. The number of carbonyl (C=O) groups is 1. The lowest BCUT2D eigenvalue weighted by Crippen LogP contribution is -2.39. The van der Waals surface area contributed by atoms with E-state index in [0.29, 0.717) is 6.07 Å². The van der Waals surface area contributed by atoms with Crippen LogP contribution in [0.2, 0.25) is 0 Å². The Morgan fingerprint density at radius 3 is 2.30 bits per heavy atom. The number of halogens is 4. The maximum atomic E-state index is 13.6. The van der Waals surface area contributed by atoms with Gasteiger partial charge in [-0.05, 0) is 32.0 Å². The van der Waals surface area contributed by atoms with E-state index < -0.39 is 23.0 Å². The standard InChI is InChI=1S/C13H16F4N2O/c1-12(2,11(20)18-3)7-19-10-5-4-8(6-9(10)14)13(15,16)17/h4-6,19H,7H2,1-3H3,(H,18,20). The van der Waals surface area contributed by atoms with E-state index in [-0.39, 0.29) is 18.1 Å². The van der Waals surface area contributed by atoms with Gasteiger partial charge in [0.1, 0.15) is 5.82 Å². The molecule has 0 heterocycles. The molecule has 0 saturated carbocycles. The summed E-state index contributed by atoms with van der Waals surface area (Å²) in [6.07, 6.45) is -4.58. The lowest BCUT2D eigenvalue weighted by atomic mass is 9.92. The molecule has 1 aromatic rings. The van der Waals surface area contributed by atoms with Crippen LogP contribution in [0.4, 0.5) is 23.2 Å². The van der Waals surface area contributed by atoms with Crippen LogP contribution in [0, 0.1) is 11.2 Å². The van der Waals surface area contributed by atoms with Gasteiger partial charge in [-0.2, -0.15) is 13.2 Å². The van der Waals surface area contributed by atoms with Crippen molar-refractivity contribution in [3.8, 4) is 0 Å². The molecule has 0 aliphatic carbocycles. The molecule has 0 saturated heterocycles. The van der Waals surface area contributed by atoms with Crippen molar-refractivity contribution in [2.75, 3.05) is 18.9 Å². The second-order valence-corrected chi connectivity index (χ2v) is 5.01. The molecule has 0 aliphatic rings. The Kier molecular flexibility index (Phi) is 4.62. The Labute approximate surface area is 114 Å². The van der Waals surface area contributed by atoms with Gasteiger partial charge in [0.25, 0.3) is 0 Å². The Hall–Kier alpha value is -1.79. The van der Waals surface area contributed by atoms with Crippen LogP contribution >= 0.6 is 0 Å². The number of benzene rings is 1. The first-order chi connectivity index (χ1) is 9.08. The minimum Gasteiger partial charge on any atom is -0.382 e. The highest BCUT2D eigenvalue weighted by Crippen LogP contribution is 2.31.